The zero-order chi connectivity index (χ0) is 21.0. The standard InChI is InChI=1S/C22H28N2O4S/c1-4-28-21-12-11-18(29(26,27)24-13-6-5-7-14-24)15-20(21)23-22(25)19-10-8-9-16(2)17(19)3/h8-12,15H,4-7,13-14H2,1-3H3,(H,23,25). The average Bonchev–Trinajstić information content (AvgIpc) is 2.72. The average molecular weight is 417 g/mol. The van der Waals surface area contributed by atoms with E-state index in [1.165, 1.54) is 10.4 Å². The Hall–Kier alpha value is -2.38. The molecule has 0 aromatic heterocycles. The van der Waals surface area contributed by atoms with Crippen LogP contribution in [0.4, 0.5) is 5.69 Å². The number of piperidine rings is 1. The van der Waals surface area contributed by atoms with Crippen LogP contribution in [0, 0.1) is 13.8 Å². The van der Waals surface area contributed by atoms with Crippen LogP contribution in [0.2, 0.25) is 0 Å². The molecule has 1 heterocycles. The maximum atomic E-state index is 13.0. The predicted molar refractivity (Wildman–Crippen MR) is 114 cm³/mol. The van der Waals surface area contributed by atoms with Gasteiger partial charge in [-0.25, -0.2) is 8.42 Å². The molecule has 3 rings (SSSR count). The molecule has 1 fully saturated rings. The molecule has 1 aliphatic heterocycles. The first-order valence-corrected chi connectivity index (χ1v) is 11.4. The van der Waals surface area contributed by atoms with Gasteiger partial charge in [-0.1, -0.05) is 18.6 Å². The normalized spacial score (nSPS) is 15.1. The number of hydrogen-bond donors (Lipinski definition) is 1. The Kier molecular flexibility index (Phi) is 6.59. The Balaban J connectivity index is 1.95. The highest BCUT2D eigenvalue weighted by atomic mass is 32.2. The van der Waals surface area contributed by atoms with Crippen molar-refractivity contribution in [2.75, 3.05) is 25.0 Å². The van der Waals surface area contributed by atoms with Crippen LogP contribution < -0.4 is 10.1 Å². The molecule has 1 N–H and O–H groups in total. The number of ether oxygens (including phenoxy) is 1. The molecule has 0 saturated carbocycles. The molecule has 0 atom stereocenters. The minimum atomic E-state index is -3.61. The molecule has 1 aliphatic rings. The molecule has 2 aromatic rings. The Morgan fingerprint density at radius 3 is 2.52 bits per heavy atom. The third-order valence-electron chi connectivity index (χ3n) is 5.30. The number of sulfonamides is 1. The molecular formula is C22H28N2O4S. The summed E-state index contributed by atoms with van der Waals surface area (Å²) in [5.74, 6) is 0.156. The highest BCUT2D eigenvalue weighted by Gasteiger charge is 2.27. The van der Waals surface area contributed by atoms with E-state index in [9.17, 15) is 13.2 Å². The number of nitrogens with zero attached hydrogens (tertiary/aromatic N) is 1. The monoisotopic (exact) mass is 416 g/mol. The number of aryl methyl sites for hydroxylation is 1. The van der Waals surface area contributed by atoms with Gasteiger partial charge in [-0.15, -0.1) is 0 Å². The van der Waals surface area contributed by atoms with E-state index >= 15 is 0 Å². The summed E-state index contributed by atoms with van der Waals surface area (Å²) in [6.07, 6.45) is 2.78. The Morgan fingerprint density at radius 1 is 1.10 bits per heavy atom. The van der Waals surface area contributed by atoms with Crippen LogP contribution in [0.1, 0.15) is 47.7 Å². The van der Waals surface area contributed by atoms with Crippen molar-refractivity contribution < 1.29 is 17.9 Å². The second-order valence-electron chi connectivity index (χ2n) is 7.26. The number of carbonyl (C=O) groups excluding carboxylic acids is 1. The van der Waals surface area contributed by atoms with Crippen LogP contribution in [0.25, 0.3) is 0 Å². The Labute approximate surface area is 172 Å². The summed E-state index contributed by atoms with van der Waals surface area (Å²) in [5.41, 5.74) is 2.82. The first kappa shape index (κ1) is 21.3. The minimum Gasteiger partial charge on any atom is -0.492 e. The lowest BCUT2D eigenvalue weighted by Gasteiger charge is -2.26. The van der Waals surface area contributed by atoms with Gasteiger partial charge in [-0.2, -0.15) is 4.31 Å². The fourth-order valence-electron chi connectivity index (χ4n) is 3.49. The number of amides is 1. The van der Waals surface area contributed by atoms with E-state index in [1.807, 2.05) is 32.9 Å². The fraction of sp³-hybridized carbons (Fsp3) is 0.409. The van der Waals surface area contributed by atoms with Gasteiger partial charge in [-0.05, 0) is 69.0 Å². The van der Waals surface area contributed by atoms with Crippen molar-refractivity contribution in [2.24, 2.45) is 0 Å². The molecule has 0 aliphatic carbocycles. The van der Waals surface area contributed by atoms with Crippen LogP contribution in [0.3, 0.4) is 0 Å². The third-order valence-corrected chi connectivity index (χ3v) is 7.20. The van der Waals surface area contributed by atoms with Crippen LogP contribution in [0.15, 0.2) is 41.3 Å². The van der Waals surface area contributed by atoms with E-state index in [2.05, 4.69) is 5.32 Å². The molecule has 0 radical (unpaired) electrons. The van der Waals surface area contributed by atoms with Gasteiger partial charge in [0.05, 0.1) is 17.2 Å². The van der Waals surface area contributed by atoms with Crippen LogP contribution in [-0.4, -0.2) is 38.3 Å². The Morgan fingerprint density at radius 2 is 1.83 bits per heavy atom. The zero-order valence-electron chi connectivity index (χ0n) is 17.2. The van der Waals surface area contributed by atoms with Gasteiger partial charge >= 0.3 is 0 Å². The Bertz CT molecular complexity index is 996. The zero-order valence-corrected chi connectivity index (χ0v) is 18.0. The lowest BCUT2D eigenvalue weighted by Crippen LogP contribution is -2.35. The maximum absolute atomic E-state index is 13.0. The van der Waals surface area contributed by atoms with Crippen molar-refractivity contribution in [3.8, 4) is 5.75 Å². The number of rotatable bonds is 6. The molecule has 7 heteroatoms. The molecule has 1 amide bonds. The van der Waals surface area contributed by atoms with Gasteiger partial charge in [0.1, 0.15) is 5.75 Å². The van der Waals surface area contributed by atoms with E-state index in [1.54, 1.807) is 18.2 Å². The molecule has 156 valence electrons. The van der Waals surface area contributed by atoms with Gasteiger partial charge in [0, 0.05) is 18.7 Å². The molecule has 0 spiro atoms. The van der Waals surface area contributed by atoms with Crippen LogP contribution in [-0.2, 0) is 10.0 Å². The lowest BCUT2D eigenvalue weighted by atomic mass is 10.0. The molecule has 6 nitrogen and oxygen atoms in total. The van der Waals surface area contributed by atoms with Gasteiger partial charge < -0.3 is 10.1 Å². The van der Waals surface area contributed by atoms with Gasteiger partial charge in [0.25, 0.3) is 5.91 Å². The predicted octanol–water partition coefficient (Wildman–Crippen LogP) is 4.13. The smallest absolute Gasteiger partial charge is 0.256 e. The SMILES string of the molecule is CCOc1ccc(S(=O)(=O)N2CCCCC2)cc1NC(=O)c1cccc(C)c1C. The van der Waals surface area contributed by atoms with E-state index in [0.29, 0.717) is 36.7 Å². The number of carbonyl (C=O) groups is 1. The van der Waals surface area contributed by atoms with Gasteiger partial charge in [0.2, 0.25) is 10.0 Å². The van der Waals surface area contributed by atoms with Gasteiger partial charge in [-0.3, -0.25) is 4.79 Å². The van der Waals surface area contributed by atoms with E-state index in [-0.39, 0.29) is 10.8 Å². The molecular weight excluding hydrogens is 388 g/mol. The van der Waals surface area contributed by atoms with E-state index < -0.39 is 10.0 Å². The second kappa shape index (κ2) is 8.97. The van der Waals surface area contributed by atoms with Crippen molar-refractivity contribution in [3.05, 3.63) is 53.1 Å². The summed E-state index contributed by atoms with van der Waals surface area (Å²) < 4.78 is 33.2. The summed E-state index contributed by atoms with van der Waals surface area (Å²) in [6, 6.07) is 10.2. The topological polar surface area (TPSA) is 75.7 Å². The van der Waals surface area contributed by atoms with Crippen LogP contribution >= 0.6 is 0 Å². The fourth-order valence-corrected chi connectivity index (χ4v) is 5.03. The van der Waals surface area contributed by atoms with Crippen LogP contribution in [0.5, 0.6) is 5.75 Å². The summed E-state index contributed by atoms with van der Waals surface area (Å²) in [4.78, 5) is 13.0. The minimum absolute atomic E-state index is 0.166. The number of hydrogen-bond acceptors (Lipinski definition) is 4. The first-order valence-electron chi connectivity index (χ1n) is 9.99. The quantitative estimate of drug-likeness (QED) is 0.768. The molecule has 1 saturated heterocycles. The third kappa shape index (κ3) is 4.62. The van der Waals surface area contributed by atoms with E-state index in [4.69, 9.17) is 4.74 Å². The van der Waals surface area contributed by atoms with Crippen molar-refractivity contribution in [1.29, 1.82) is 0 Å². The van der Waals surface area contributed by atoms with Crippen molar-refractivity contribution in [3.63, 3.8) is 0 Å². The molecule has 2 aromatic carbocycles. The van der Waals surface area contributed by atoms with Crippen molar-refractivity contribution >= 4 is 21.6 Å². The van der Waals surface area contributed by atoms with Crippen molar-refractivity contribution in [1.82, 2.24) is 4.31 Å². The highest BCUT2D eigenvalue weighted by Crippen LogP contribution is 2.31. The van der Waals surface area contributed by atoms with Crippen molar-refractivity contribution in [2.45, 2.75) is 44.9 Å². The highest BCUT2D eigenvalue weighted by molar-refractivity contribution is 7.89. The second-order valence-corrected chi connectivity index (χ2v) is 9.20. The summed E-state index contributed by atoms with van der Waals surface area (Å²) in [5, 5.41) is 2.85. The summed E-state index contributed by atoms with van der Waals surface area (Å²) in [6.45, 7) is 7.15. The summed E-state index contributed by atoms with van der Waals surface area (Å²) >= 11 is 0. The lowest BCUT2D eigenvalue weighted by molar-refractivity contribution is 0.102. The van der Waals surface area contributed by atoms with Gasteiger partial charge in [0.15, 0.2) is 0 Å². The first-order chi connectivity index (χ1) is 13.8. The number of nitrogens with one attached hydrogen (secondary N) is 1. The molecule has 29 heavy (non-hydrogen) atoms. The summed E-state index contributed by atoms with van der Waals surface area (Å²) in [7, 11) is -3.61. The number of benzene rings is 2. The molecule has 0 unspecified atom stereocenters. The maximum Gasteiger partial charge on any atom is 0.256 e. The molecule has 0 bridgehead atoms. The number of anilines is 1. The van der Waals surface area contributed by atoms with E-state index in [0.717, 1.165) is 30.4 Å². The largest absolute Gasteiger partial charge is 0.492 e.